The minimum Gasteiger partial charge on any atom is -0.292 e. The van der Waals surface area contributed by atoms with Crippen LogP contribution in [0.3, 0.4) is 0 Å². The summed E-state index contributed by atoms with van der Waals surface area (Å²) in [6.07, 6.45) is 0. The minimum atomic E-state index is -0.360. The zero-order valence-electron chi connectivity index (χ0n) is 10.7. The van der Waals surface area contributed by atoms with Crippen LogP contribution in [-0.2, 0) is 5.88 Å². The van der Waals surface area contributed by atoms with E-state index in [2.05, 4.69) is 4.98 Å². The third kappa shape index (κ3) is 2.07. The number of hydrogen-bond acceptors (Lipinski definition) is 1. The Morgan fingerprint density at radius 2 is 2.05 bits per heavy atom. The molecule has 0 atom stereocenters. The monoisotopic (exact) mass is 308 g/mol. The molecule has 2 aromatic carbocycles. The van der Waals surface area contributed by atoms with E-state index in [0.29, 0.717) is 16.5 Å². The summed E-state index contributed by atoms with van der Waals surface area (Å²) in [5.41, 5.74) is 3.03. The molecule has 5 heteroatoms. The number of aryl methyl sites for hydroxylation is 1. The van der Waals surface area contributed by atoms with Gasteiger partial charge in [-0.25, -0.2) is 9.37 Å². The lowest BCUT2D eigenvalue weighted by atomic mass is 10.2. The first-order valence-corrected chi connectivity index (χ1v) is 7.01. The van der Waals surface area contributed by atoms with Gasteiger partial charge in [0.15, 0.2) is 0 Å². The van der Waals surface area contributed by atoms with Gasteiger partial charge in [0.05, 0.1) is 22.6 Å². The third-order valence-corrected chi connectivity index (χ3v) is 3.70. The van der Waals surface area contributed by atoms with Crippen LogP contribution in [0.1, 0.15) is 11.4 Å². The first-order valence-electron chi connectivity index (χ1n) is 6.10. The van der Waals surface area contributed by atoms with Crippen LogP contribution < -0.4 is 0 Å². The Kier molecular flexibility index (Phi) is 3.40. The van der Waals surface area contributed by atoms with Crippen molar-refractivity contribution < 1.29 is 4.39 Å². The average Bonchev–Trinajstić information content (AvgIpc) is 2.81. The number of hydrogen-bond donors (Lipinski definition) is 0. The van der Waals surface area contributed by atoms with E-state index in [1.54, 1.807) is 10.6 Å². The van der Waals surface area contributed by atoms with Crippen LogP contribution >= 0.6 is 23.2 Å². The van der Waals surface area contributed by atoms with Gasteiger partial charge in [0.1, 0.15) is 11.6 Å². The second-order valence-corrected chi connectivity index (χ2v) is 5.24. The summed E-state index contributed by atoms with van der Waals surface area (Å²) in [6.45, 7) is 1.96. The van der Waals surface area contributed by atoms with Gasteiger partial charge in [-0.2, -0.15) is 0 Å². The van der Waals surface area contributed by atoms with Gasteiger partial charge in [-0.05, 0) is 36.8 Å². The number of fused-ring (bicyclic) bond motifs is 1. The van der Waals surface area contributed by atoms with Crippen LogP contribution in [0.25, 0.3) is 16.7 Å². The van der Waals surface area contributed by atoms with Crippen molar-refractivity contribution in [1.29, 1.82) is 0 Å². The predicted octanol–water partition coefficient (Wildman–Crippen LogP) is 4.87. The number of benzene rings is 2. The first-order chi connectivity index (χ1) is 9.61. The first kappa shape index (κ1) is 13.4. The highest BCUT2D eigenvalue weighted by Gasteiger charge is 2.16. The molecule has 0 N–H and O–H groups in total. The van der Waals surface area contributed by atoms with Crippen LogP contribution in [0, 0.1) is 12.7 Å². The fourth-order valence-electron chi connectivity index (χ4n) is 2.30. The molecule has 0 radical (unpaired) electrons. The lowest BCUT2D eigenvalue weighted by molar-refractivity contribution is 0.618. The van der Waals surface area contributed by atoms with Gasteiger partial charge >= 0.3 is 0 Å². The van der Waals surface area contributed by atoms with Crippen molar-refractivity contribution in [2.45, 2.75) is 12.8 Å². The van der Waals surface area contributed by atoms with Crippen LogP contribution in [0.5, 0.6) is 0 Å². The Bertz CT molecular complexity index is 796. The van der Waals surface area contributed by atoms with E-state index in [-0.39, 0.29) is 11.7 Å². The van der Waals surface area contributed by atoms with Gasteiger partial charge in [0.2, 0.25) is 0 Å². The van der Waals surface area contributed by atoms with Crippen molar-refractivity contribution >= 4 is 34.2 Å². The summed E-state index contributed by atoms with van der Waals surface area (Å²) in [7, 11) is 0. The molecule has 3 rings (SSSR count). The number of rotatable bonds is 2. The number of para-hydroxylation sites is 1. The molecule has 0 bridgehead atoms. The molecule has 3 aromatic rings. The van der Waals surface area contributed by atoms with Crippen molar-refractivity contribution in [3.8, 4) is 5.69 Å². The lowest BCUT2D eigenvalue weighted by Crippen LogP contribution is -2.02. The molecule has 0 unspecified atom stereocenters. The van der Waals surface area contributed by atoms with Crippen LogP contribution in [-0.4, -0.2) is 9.55 Å². The zero-order valence-corrected chi connectivity index (χ0v) is 12.2. The molecule has 0 saturated heterocycles. The van der Waals surface area contributed by atoms with Crippen LogP contribution in [0.15, 0.2) is 36.4 Å². The Labute approximate surface area is 125 Å². The van der Waals surface area contributed by atoms with Gasteiger partial charge in [-0.1, -0.05) is 23.7 Å². The molecular formula is C15H11Cl2FN2. The molecule has 2 nitrogen and oxygen atoms in total. The number of nitrogens with zero attached hydrogens (tertiary/aromatic N) is 2. The van der Waals surface area contributed by atoms with Crippen molar-refractivity contribution in [2.24, 2.45) is 0 Å². The summed E-state index contributed by atoms with van der Waals surface area (Å²) in [4.78, 5) is 4.50. The molecule has 0 fully saturated rings. The smallest absolute Gasteiger partial charge is 0.147 e. The molecule has 102 valence electrons. The van der Waals surface area contributed by atoms with E-state index in [1.165, 1.54) is 12.1 Å². The van der Waals surface area contributed by atoms with Crippen molar-refractivity contribution in [1.82, 2.24) is 9.55 Å². The molecule has 0 aliphatic rings. The molecular weight excluding hydrogens is 298 g/mol. The van der Waals surface area contributed by atoms with Crippen LogP contribution in [0.2, 0.25) is 5.02 Å². The van der Waals surface area contributed by atoms with E-state index in [1.807, 2.05) is 25.1 Å². The SMILES string of the molecule is Cc1cccc2c1nc(CCl)n2-c1cc(Cl)ccc1F. The number of alkyl halides is 1. The van der Waals surface area contributed by atoms with Crippen LogP contribution in [0.4, 0.5) is 4.39 Å². The molecule has 0 aliphatic carbocycles. The van der Waals surface area contributed by atoms with Gasteiger partial charge in [0, 0.05) is 5.02 Å². The van der Waals surface area contributed by atoms with E-state index < -0.39 is 0 Å². The average molecular weight is 309 g/mol. The molecule has 0 saturated carbocycles. The van der Waals surface area contributed by atoms with Gasteiger partial charge in [-0.3, -0.25) is 4.57 Å². The van der Waals surface area contributed by atoms with Gasteiger partial charge < -0.3 is 0 Å². The zero-order chi connectivity index (χ0) is 14.3. The highest BCUT2D eigenvalue weighted by Crippen LogP contribution is 2.27. The topological polar surface area (TPSA) is 17.8 Å². The number of halogens is 3. The maximum absolute atomic E-state index is 14.1. The maximum atomic E-state index is 14.1. The number of imidazole rings is 1. The van der Waals surface area contributed by atoms with E-state index in [4.69, 9.17) is 23.2 Å². The minimum absolute atomic E-state index is 0.195. The predicted molar refractivity (Wildman–Crippen MR) is 80.3 cm³/mol. The normalized spacial score (nSPS) is 11.2. The lowest BCUT2D eigenvalue weighted by Gasteiger charge is -2.09. The summed E-state index contributed by atoms with van der Waals surface area (Å²) in [6, 6.07) is 10.2. The Balaban J connectivity index is 2.40. The number of aromatic nitrogens is 2. The molecule has 0 aliphatic heterocycles. The highest BCUT2D eigenvalue weighted by atomic mass is 35.5. The maximum Gasteiger partial charge on any atom is 0.147 e. The molecule has 1 aromatic heterocycles. The van der Waals surface area contributed by atoms with Gasteiger partial charge in [0.25, 0.3) is 0 Å². The summed E-state index contributed by atoms with van der Waals surface area (Å²) in [5.74, 6) is 0.429. The second-order valence-electron chi connectivity index (χ2n) is 4.54. The van der Waals surface area contributed by atoms with Crippen molar-refractivity contribution in [3.63, 3.8) is 0 Å². The van der Waals surface area contributed by atoms with E-state index in [0.717, 1.165) is 16.6 Å². The standard InChI is InChI=1S/C15H11Cl2FN2/c1-9-3-2-4-12-15(9)19-14(8-16)20(12)13-7-10(17)5-6-11(13)18/h2-7H,8H2,1H3. The van der Waals surface area contributed by atoms with E-state index in [9.17, 15) is 4.39 Å². The Hall–Kier alpha value is -1.58. The molecule has 1 heterocycles. The fourth-order valence-corrected chi connectivity index (χ4v) is 2.65. The Morgan fingerprint density at radius 3 is 2.80 bits per heavy atom. The van der Waals surface area contributed by atoms with E-state index >= 15 is 0 Å². The summed E-state index contributed by atoms with van der Waals surface area (Å²) < 4.78 is 15.8. The third-order valence-electron chi connectivity index (χ3n) is 3.22. The molecule has 0 amide bonds. The quantitative estimate of drug-likeness (QED) is 0.618. The fraction of sp³-hybridized carbons (Fsp3) is 0.133. The van der Waals surface area contributed by atoms with Crippen molar-refractivity contribution in [3.05, 3.63) is 58.6 Å². The second kappa shape index (κ2) is 5.08. The Morgan fingerprint density at radius 1 is 1.25 bits per heavy atom. The molecule has 0 spiro atoms. The largest absolute Gasteiger partial charge is 0.292 e. The molecule has 20 heavy (non-hydrogen) atoms. The summed E-state index contributed by atoms with van der Waals surface area (Å²) >= 11 is 11.9. The van der Waals surface area contributed by atoms with Gasteiger partial charge in [-0.15, -0.1) is 11.6 Å². The summed E-state index contributed by atoms with van der Waals surface area (Å²) in [5, 5.41) is 0.469. The van der Waals surface area contributed by atoms with Crippen molar-refractivity contribution in [2.75, 3.05) is 0 Å². The highest BCUT2D eigenvalue weighted by molar-refractivity contribution is 6.30.